The lowest BCUT2D eigenvalue weighted by Crippen LogP contribution is -2.45. The lowest BCUT2D eigenvalue weighted by Gasteiger charge is -2.36. The van der Waals surface area contributed by atoms with E-state index in [-0.39, 0.29) is 5.91 Å². The van der Waals surface area contributed by atoms with Crippen LogP contribution in [0.25, 0.3) is 22.0 Å². The van der Waals surface area contributed by atoms with Gasteiger partial charge < -0.3 is 15.5 Å². The van der Waals surface area contributed by atoms with E-state index in [4.69, 9.17) is 4.98 Å². The minimum atomic E-state index is 0.0114. The van der Waals surface area contributed by atoms with Gasteiger partial charge >= 0.3 is 0 Å². The largest absolute Gasteiger partial charge is 0.350 e. The highest BCUT2D eigenvalue weighted by Gasteiger charge is 2.27. The molecular weight excluding hydrogens is 410 g/mol. The molecule has 0 bridgehead atoms. The van der Waals surface area contributed by atoms with Gasteiger partial charge in [-0.25, -0.2) is 9.97 Å². The van der Waals surface area contributed by atoms with Gasteiger partial charge in [0.15, 0.2) is 0 Å². The summed E-state index contributed by atoms with van der Waals surface area (Å²) in [6, 6.07) is 13.4. The number of hydrogen-bond donors (Lipinski definition) is 2. The molecule has 6 nitrogen and oxygen atoms in total. The van der Waals surface area contributed by atoms with Gasteiger partial charge in [0, 0.05) is 35.3 Å². The molecule has 0 aliphatic heterocycles. The molecule has 2 fully saturated rings. The third-order valence-corrected chi connectivity index (χ3v) is 7.01. The van der Waals surface area contributed by atoms with Crippen LogP contribution in [0.3, 0.4) is 0 Å². The summed E-state index contributed by atoms with van der Waals surface area (Å²) in [5.41, 5.74) is 4.92. The van der Waals surface area contributed by atoms with Gasteiger partial charge in [0.1, 0.15) is 0 Å². The molecule has 1 heterocycles. The van der Waals surface area contributed by atoms with E-state index in [1.165, 1.54) is 19.3 Å². The van der Waals surface area contributed by atoms with Gasteiger partial charge in [0.2, 0.25) is 5.95 Å². The maximum Gasteiger partial charge on any atom is 0.251 e. The number of nitrogens with zero attached hydrogens (tertiary/aromatic N) is 3. The van der Waals surface area contributed by atoms with Gasteiger partial charge in [-0.05, 0) is 87.7 Å². The van der Waals surface area contributed by atoms with Gasteiger partial charge in [-0.2, -0.15) is 0 Å². The van der Waals surface area contributed by atoms with Crippen molar-refractivity contribution in [2.75, 3.05) is 19.4 Å². The normalized spacial score (nSPS) is 20.7. The molecule has 2 N–H and O–H groups in total. The minimum absolute atomic E-state index is 0.0114. The second-order valence-electron chi connectivity index (χ2n) is 9.81. The number of amides is 1. The highest BCUT2D eigenvalue weighted by molar-refractivity contribution is 5.96. The summed E-state index contributed by atoms with van der Waals surface area (Å²) >= 11 is 0. The predicted octanol–water partition coefficient (Wildman–Crippen LogP) is 4.78. The van der Waals surface area contributed by atoms with Crippen LogP contribution in [0.4, 0.5) is 5.95 Å². The predicted molar refractivity (Wildman–Crippen MR) is 134 cm³/mol. The highest BCUT2D eigenvalue weighted by atomic mass is 16.1. The molecule has 33 heavy (non-hydrogen) atoms. The van der Waals surface area contributed by atoms with Crippen molar-refractivity contribution in [2.45, 2.75) is 63.6 Å². The van der Waals surface area contributed by atoms with Crippen LogP contribution in [0.5, 0.6) is 0 Å². The van der Waals surface area contributed by atoms with Gasteiger partial charge in [0.25, 0.3) is 5.91 Å². The zero-order valence-corrected chi connectivity index (χ0v) is 19.8. The molecule has 2 aliphatic rings. The lowest BCUT2D eigenvalue weighted by atomic mass is 9.89. The number of likely N-dealkylation sites (N-methyl/N-ethyl adjacent to an activating group) is 1. The Balaban J connectivity index is 1.38. The molecule has 0 unspecified atom stereocenters. The molecule has 0 saturated heterocycles. The summed E-state index contributed by atoms with van der Waals surface area (Å²) in [5.74, 6) is 0.709. The SMILES string of the molecule is Cc1ccc(C(=O)NC2CC2)cc1-c1ccc2nc(N[C@H]3CCCC[C@H]3N(C)C)ncc2c1. The Kier molecular flexibility index (Phi) is 6.02. The number of anilines is 1. The minimum Gasteiger partial charge on any atom is -0.350 e. The van der Waals surface area contributed by atoms with E-state index in [1.807, 2.05) is 24.4 Å². The van der Waals surface area contributed by atoms with Crippen LogP contribution in [0.15, 0.2) is 42.6 Å². The zero-order valence-electron chi connectivity index (χ0n) is 19.8. The smallest absolute Gasteiger partial charge is 0.251 e. The van der Waals surface area contributed by atoms with Crippen LogP contribution < -0.4 is 10.6 Å². The van der Waals surface area contributed by atoms with E-state index in [0.29, 0.717) is 29.6 Å². The highest BCUT2D eigenvalue weighted by Crippen LogP contribution is 2.29. The molecule has 0 radical (unpaired) electrons. The quantitative estimate of drug-likeness (QED) is 0.574. The standard InChI is InChI=1S/C27H33N5O/c1-17-8-9-19(26(33)29-21-11-12-21)15-22(17)18-10-13-23-20(14-18)16-28-27(30-23)31-24-6-4-5-7-25(24)32(2)3/h8-10,13-16,21,24-25H,4-7,11-12H2,1-3H3,(H,29,33)(H,28,30,31)/t24-,25+/m0/s1. The fraction of sp³-hybridized carbons (Fsp3) is 0.444. The van der Waals surface area contributed by atoms with E-state index in [2.05, 4.69) is 59.7 Å². The molecule has 6 heteroatoms. The molecule has 0 spiro atoms. The van der Waals surface area contributed by atoms with Gasteiger partial charge in [0.05, 0.1) is 5.52 Å². The summed E-state index contributed by atoms with van der Waals surface area (Å²) in [5, 5.41) is 7.67. The third-order valence-electron chi connectivity index (χ3n) is 7.01. The number of fused-ring (bicyclic) bond motifs is 1. The average molecular weight is 444 g/mol. The molecule has 2 atom stereocenters. The Bertz CT molecular complexity index is 1170. The third kappa shape index (κ3) is 4.86. The molecule has 2 aliphatic carbocycles. The van der Waals surface area contributed by atoms with Crippen LogP contribution in [0.1, 0.15) is 54.4 Å². The zero-order chi connectivity index (χ0) is 22.9. The van der Waals surface area contributed by atoms with Crippen LogP contribution in [-0.4, -0.2) is 53.0 Å². The Morgan fingerprint density at radius 3 is 2.64 bits per heavy atom. The lowest BCUT2D eigenvalue weighted by molar-refractivity contribution is 0.0951. The van der Waals surface area contributed by atoms with Gasteiger partial charge in [-0.3, -0.25) is 4.79 Å². The Hall–Kier alpha value is -2.99. The summed E-state index contributed by atoms with van der Waals surface area (Å²) in [6.45, 7) is 2.08. The molecule has 1 aromatic heterocycles. The number of aryl methyl sites for hydroxylation is 1. The van der Waals surface area contributed by atoms with Gasteiger partial charge in [-0.1, -0.05) is 25.0 Å². The second-order valence-corrected chi connectivity index (χ2v) is 9.81. The molecule has 172 valence electrons. The first-order chi connectivity index (χ1) is 16.0. The number of carbonyl (C=O) groups is 1. The van der Waals surface area contributed by atoms with Crippen molar-refractivity contribution >= 4 is 22.8 Å². The van der Waals surface area contributed by atoms with E-state index in [1.54, 1.807) is 0 Å². The van der Waals surface area contributed by atoms with Crippen LogP contribution in [0, 0.1) is 6.92 Å². The van der Waals surface area contributed by atoms with Crippen molar-refractivity contribution in [1.29, 1.82) is 0 Å². The first-order valence-corrected chi connectivity index (χ1v) is 12.1. The van der Waals surface area contributed by atoms with Crippen molar-refractivity contribution in [3.63, 3.8) is 0 Å². The number of aromatic nitrogens is 2. The number of nitrogens with one attached hydrogen (secondary N) is 2. The van der Waals surface area contributed by atoms with E-state index >= 15 is 0 Å². The summed E-state index contributed by atoms with van der Waals surface area (Å²) in [6.07, 6.45) is 8.96. The van der Waals surface area contributed by atoms with Crippen LogP contribution >= 0.6 is 0 Å². The first kappa shape index (κ1) is 21.8. The van der Waals surface area contributed by atoms with Crippen molar-refractivity contribution < 1.29 is 4.79 Å². The molecular formula is C27H33N5O. The fourth-order valence-electron chi connectivity index (χ4n) is 4.90. The van der Waals surface area contributed by atoms with Crippen molar-refractivity contribution in [3.05, 3.63) is 53.7 Å². The van der Waals surface area contributed by atoms with Gasteiger partial charge in [-0.15, -0.1) is 0 Å². The van der Waals surface area contributed by atoms with Crippen molar-refractivity contribution in [2.24, 2.45) is 0 Å². The fourth-order valence-corrected chi connectivity index (χ4v) is 4.90. The summed E-state index contributed by atoms with van der Waals surface area (Å²) < 4.78 is 0. The Morgan fingerprint density at radius 2 is 1.85 bits per heavy atom. The maximum absolute atomic E-state index is 12.5. The molecule has 1 amide bonds. The molecule has 3 aromatic rings. The Morgan fingerprint density at radius 1 is 1.03 bits per heavy atom. The first-order valence-electron chi connectivity index (χ1n) is 12.1. The van der Waals surface area contributed by atoms with E-state index in [0.717, 1.165) is 46.9 Å². The topological polar surface area (TPSA) is 70.2 Å². The summed E-state index contributed by atoms with van der Waals surface area (Å²) in [4.78, 5) is 24.3. The van der Waals surface area contributed by atoms with Crippen LogP contribution in [-0.2, 0) is 0 Å². The molecule has 2 aromatic carbocycles. The maximum atomic E-state index is 12.5. The van der Waals surface area contributed by atoms with E-state index in [9.17, 15) is 4.79 Å². The van der Waals surface area contributed by atoms with Crippen LogP contribution in [0.2, 0.25) is 0 Å². The van der Waals surface area contributed by atoms with E-state index < -0.39 is 0 Å². The second kappa shape index (κ2) is 9.10. The number of hydrogen-bond acceptors (Lipinski definition) is 5. The molecule has 5 rings (SSSR count). The van der Waals surface area contributed by atoms with Crippen molar-refractivity contribution in [3.8, 4) is 11.1 Å². The number of carbonyl (C=O) groups excluding carboxylic acids is 1. The van der Waals surface area contributed by atoms with Crippen molar-refractivity contribution in [1.82, 2.24) is 20.2 Å². The summed E-state index contributed by atoms with van der Waals surface area (Å²) in [7, 11) is 4.31. The number of rotatable bonds is 6. The number of benzene rings is 2. The molecule has 2 saturated carbocycles. The monoisotopic (exact) mass is 443 g/mol. The average Bonchev–Trinajstić information content (AvgIpc) is 3.63. The Labute approximate surface area is 195 Å².